The zero-order valence-electron chi connectivity index (χ0n) is 13.3. The van der Waals surface area contributed by atoms with Crippen molar-refractivity contribution >= 4 is 44.6 Å². The number of anilines is 1. The Bertz CT molecular complexity index is 832. The van der Waals surface area contributed by atoms with Crippen molar-refractivity contribution < 1.29 is 9.59 Å². The maximum atomic E-state index is 12.5. The van der Waals surface area contributed by atoms with Gasteiger partial charge in [-0.3, -0.25) is 19.4 Å². The van der Waals surface area contributed by atoms with E-state index >= 15 is 0 Å². The van der Waals surface area contributed by atoms with Crippen molar-refractivity contribution in [2.45, 2.75) is 25.8 Å². The van der Waals surface area contributed by atoms with E-state index in [1.807, 2.05) is 17.4 Å². The third kappa shape index (κ3) is 2.36. The van der Waals surface area contributed by atoms with Crippen molar-refractivity contribution in [1.82, 2.24) is 4.90 Å². The van der Waals surface area contributed by atoms with E-state index in [0.29, 0.717) is 24.0 Å². The number of carbonyl (C=O) groups excluding carboxylic acids is 2. The zero-order chi connectivity index (χ0) is 16.8. The molecule has 1 aromatic carbocycles. The predicted octanol–water partition coefficient (Wildman–Crippen LogP) is 4.01. The van der Waals surface area contributed by atoms with E-state index < -0.39 is 11.7 Å². The van der Waals surface area contributed by atoms with Crippen molar-refractivity contribution in [3.63, 3.8) is 0 Å². The number of ketones is 1. The molecule has 0 saturated heterocycles. The van der Waals surface area contributed by atoms with Crippen LogP contribution < -0.4 is 4.90 Å². The molecule has 0 unspecified atom stereocenters. The number of rotatable bonds is 3. The number of hydrogen-bond donors (Lipinski definition) is 0. The number of fused-ring (bicyclic) bond motifs is 2. The highest BCUT2D eigenvalue weighted by Gasteiger charge is 2.39. The number of amides is 1. The molecule has 2 aromatic rings. The molecule has 24 heavy (non-hydrogen) atoms. The number of Topliss-reactive ketones (excluding diaryl/α,β-unsaturated/α-hetero) is 1. The third-order valence-corrected chi connectivity index (χ3v) is 6.49. The molecule has 124 valence electrons. The fourth-order valence-electron chi connectivity index (χ4n) is 3.72. The Balaban J connectivity index is 1.67. The van der Waals surface area contributed by atoms with Crippen molar-refractivity contribution in [3.05, 3.63) is 50.1 Å². The number of para-hydroxylation sites is 1. The Hall–Kier alpha value is -1.50. The van der Waals surface area contributed by atoms with Crippen LogP contribution in [0.4, 0.5) is 5.69 Å². The number of nitrogens with zero attached hydrogens (tertiary/aromatic N) is 2. The summed E-state index contributed by atoms with van der Waals surface area (Å²) in [7, 11) is 0. The molecule has 1 aromatic heterocycles. The summed E-state index contributed by atoms with van der Waals surface area (Å²) in [5, 5.41) is 2.15. The lowest BCUT2D eigenvalue weighted by atomic mass is 9.98. The van der Waals surface area contributed by atoms with Gasteiger partial charge in [0.05, 0.1) is 17.9 Å². The van der Waals surface area contributed by atoms with Crippen molar-refractivity contribution in [3.8, 4) is 0 Å². The van der Waals surface area contributed by atoms with Gasteiger partial charge in [0.15, 0.2) is 0 Å². The molecule has 2 aliphatic heterocycles. The van der Waals surface area contributed by atoms with Gasteiger partial charge in [-0.2, -0.15) is 0 Å². The second-order valence-corrected chi connectivity index (χ2v) is 7.98. The Morgan fingerprint density at radius 2 is 2.12 bits per heavy atom. The van der Waals surface area contributed by atoms with E-state index in [4.69, 9.17) is 0 Å². The van der Waals surface area contributed by atoms with Crippen molar-refractivity contribution in [1.29, 1.82) is 0 Å². The average molecular weight is 405 g/mol. The lowest BCUT2D eigenvalue weighted by molar-refractivity contribution is -0.114. The summed E-state index contributed by atoms with van der Waals surface area (Å²) in [6.45, 7) is 3.53. The molecule has 0 radical (unpaired) electrons. The molecule has 1 amide bonds. The van der Waals surface area contributed by atoms with E-state index in [1.54, 1.807) is 17.0 Å². The van der Waals surface area contributed by atoms with Crippen LogP contribution >= 0.6 is 27.3 Å². The smallest absolute Gasteiger partial charge is 0.290 e. The van der Waals surface area contributed by atoms with Crippen LogP contribution in [0.5, 0.6) is 0 Å². The summed E-state index contributed by atoms with van der Waals surface area (Å²) < 4.78 is 0.792. The van der Waals surface area contributed by atoms with Gasteiger partial charge >= 0.3 is 5.91 Å². The van der Waals surface area contributed by atoms with Gasteiger partial charge in [-0.25, -0.2) is 0 Å². The van der Waals surface area contributed by atoms with Crippen molar-refractivity contribution in [2.75, 3.05) is 18.1 Å². The first-order valence-corrected chi connectivity index (χ1v) is 9.74. The molecule has 2 aliphatic rings. The molecule has 6 heteroatoms. The summed E-state index contributed by atoms with van der Waals surface area (Å²) in [4.78, 5) is 30.2. The van der Waals surface area contributed by atoms with Gasteiger partial charge < -0.3 is 0 Å². The van der Waals surface area contributed by atoms with Crippen LogP contribution in [0.15, 0.2) is 34.1 Å². The van der Waals surface area contributed by atoms with Crippen LogP contribution in [0.3, 0.4) is 0 Å². The average Bonchev–Trinajstić information content (AvgIpc) is 3.15. The van der Waals surface area contributed by atoms with Gasteiger partial charge in [0, 0.05) is 21.9 Å². The molecule has 1 atom stereocenters. The van der Waals surface area contributed by atoms with E-state index in [9.17, 15) is 9.59 Å². The van der Waals surface area contributed by atoms with Crippen LogP contribution in [0.2, 0.25) is 0 Å². The first kappa shape index (κ1) is 16.0. The van der Waals surface area contributed by atoms with Gasteiger partial charge in [-0.05, 0) is 57.9 Å². The minimum atomic E-state index is -0.428. The molecule has 0 spiro atoms. The molecular weight excluding hydrogens is 388 g/mol. The first-order chi connectivity index (χ1) is 11.6. The molecule has 0 bridgehead atoms. The third-order valence-electron chi connectivity index (χ3n) is 4.86. The van der Waals surface area contributed by atoms with E-state index in [-0.39, 0.29) is 0 Å². The summed E-state index contributed by atoms with van der Waals surface area (Å²) in [5.74, 6) is -0.838. The lowest BCUT2D eigenvalue weighted by Gasteiger charge is -2.37. The molecule has 0 saturated carbocycles. The molecule has 0 fully saturated rings. The Kier molecular flexibility index (Phi) is 4.06. The first-order valence-electron chi connectivity index (χ1n) is 8.06. The quantitative estimate of drug-likeness (QED) is 0.725. The number of hydrogen-bond acceptors (Lipinski definition) is 4. The monoisotopic (exact) mass is 404 g/mol. The van der Waals surface area contributed by atoms with E-state index in [2.05, 4.69) is 39.2 Å². The largest absolute Gasteiger partial charge is 0.300 e. The van der Waals surface area contributed by atoms with Gasteiger partial charge in [-0.15, -0.1) is 11.3 Å². The standard InChI is InChI=1S/C18H17BrN2O2S/c1-2-14-11-7-9-24-15(11)6-8-20(14)10-21-16-12(17(22)18(21)23)4-3-5-13(16)19/h3-5,7,9,14H,2,6,8,10H2,1H3/t14-/m0/s1. The molecule has 4 nitrogen and oxygen atoms in total. The number of thiophene rings is 1. The summed E-state index contributed by atoms with van der Waals surface area (Å²) in [6.07, 6.45) is 1.99. The van der Waals surface area contributed by atoms with Crippen LogP contribution in [0.25, 0.3) is 0 Å². The van der Waals surface area contributed by atoms with Gasteiger partial charge in [-0.1, -0.05) is 13.0 Å². The Morgan fingerprint density at radius 1 is 1.29 bits per heavy atom. The fraction of sp³-hybridized carbons (Fsp3) is 0.333. The number of halogens is 1. The maximum Gasteiger partial charge on any atom is 0.300 e. The van der Waals surface area contributed by atoms with E-state index in [1.165, 1.54) is 10.4 Å². The normalized spacial score (nSPS) is 20.4. The second kappa shape index (κ2) is 6.10. The van der Waals surface area contributed by atoms with Crippen molar-refractivity contribution in [2.24, 2.45) is 0 Å². The Labute approximate surface area is 153 Å². The highest BCUT2D eigenvalue weighted by Crippen LogP contribution is 2.39. The van der Waals surface area contributed by atoms with Crippen LogP contribution in [0, 0.1) is 0 Å². The van der Waals surface area contributed by atoms with Crippen LogP contribution in [-0.4, -0.2) is 29.8 Å². The minimum absolute atomic E-state index is 0.300. The minimum Gasteiger partial charge on any atom is -0.290 e. The highest BCUT2D eigenvalue weighted by molar-refractivity contribution is 9.10. The van der Waals surface area contributed by atoms with Gasteiger partial charge in [0.1, 0.15) is 0 Å². The lowest BCUT2D eigenvalue weighted by Crippen LogP contribution is -2.45. The SMILES string of the molecule is CC[C@H]1c2ccsc2CCN1CN1C(=O)C(=O)c2cccc(Br)c21. The Morgan fingerprint density at radius 3 is 2.92 bits per heavy atom. The fourth-order valence-corrected chi connectivity index (χ4v) is 5.23. The van der Waals surface area contributed by atoms with E-state index in [0.717, 1.165) is 23.9 Å². The maximum absolute atomic E-state index is 12.5. The van der Waals surface area contributed by atoms with Gasteiger partial charge in [0.25, 0.3) is 5.78 Å². The summed E-state index contributed by atoms with van der Waals surface area (Å²) in [5.41, 5.74) is 2.58. The molecule has 0 aliphatic carbocycles. The highest BCUT2D eigenvalue weighted by atomic mass is 79.9. The topological polar surface area (TPSA) is 40.6 Å². The predicted molar refractivity (Wildman–Crippen MR) is 98.6 cm³/mol. The molecular formula is C18H17BrN2O2S. The molecule has 0 N–H and O–H groups in total. The zero-order valence-corrected chi connectivity index (χ0v) is 15.7. The second-order valence-electron chi connectivity index (χ2n) is 6.13. The summed E-state index contributed by atoms with van der Waals surface area (Å²) in [6, 6.07) is 7.90. The molecule has 4 rings (SSSR count). The molecule has 3 heterocycles. The number of carbonyl (C=O) groups is 2. The van der Waals surface area contributed by atoms with Gasteiger partial charge in [0.2, 0.25) is 0 Å². The summed E-state index contributed by atoms with van der Waals surface area (Å²) >= 11 is 5.31. The van der Waals surface area contributed by atoms with Crippen LogP contribution in [-0.2, 0) is 11.2 Å². The number of benzene rings is 1. The van der Waals surface area contributed by atoms with Crippen LogP contribution in [0.1, 0.15) is 40.2 Å².